The SMILES string of the molecule is C=C(C)C(=O)N1CCOCC1=O. The first-order chi connectivity index (χ1) is 5.63. The molecule has 0 aromatic heterocycles. The minimum absolute atomic E-state index is 0.000972. The van der Waals surface area contributed by atoms with Gasteiger partial charge in [-0.25, -0.2) is 0 Å². The van der Waals surface area contributed by atoms with Crippen molar-refractivity contribution in [2.75, 3.05) is 19.8 Å². The molecule has 1 saturated heterocycles. The minimum atomic E-state index is -0.302. The van der Waals surface area contributed by atoms with Gasteiger partial charge in [0.05, 0.1) is 13.2 Å². The highest BCUT2D eigenvalue weighted by Crippen LogP contribution is 2.03. The quantitative estimate of drug-likeness (QED) is 0.517. The molecule has 1 rings (SSSR count). The highest BCUT2D eigenvalue weighted by molar-refractivity contribution is 6.04. The van der Waals surface area contributed by atoms with E-state index in [1.165, 1.54) is 4.90 Å². The van der Waals surface area contributed by atoms with Gasteiger partial charge in [-0.1, -0.05) is 6.58 Å². The van der Waals surface area contributed by atoms with Crippen LogP contribution in [0, 0.1) is 0 Å². The van der Waals surface area contributed by atoms with E-state index in [9.17, 15) is 9.59 Å². The summed E-state index contributed by atoms with van der Waals surface area (Å²) >= 11 is 0. The Morgan fingerprint density at radius 3 is 2.83 bits per heavy atom. The molecule has 0 aromatic carbocycles. The van der Waals surface area contributed by atoms with Crippen LogP contribution in [-0.4, -0.2) is 36.5 Å². The summed E-state index contributed by atoms with van der Waals surface area (Å²) in [6.45, 7) is 5.83. The molecule has 0 saturated carbocycles. The number of amides is 2. The normalized spacial score (nSPS) is 17.8. The molecular formula is C8H11NO3. The Kier molecular flexibility index (Phi) is 2.60. The topological polar surface area (TPSA) is 46.6 Å². The van der Waals surface area contributed by atoms with E-state index in [2.05, 4.69) is 6.58 Å². The van der Waals surface area contributed by atoms with Crippen LogP contribution >= 0.6 is 0 Å². The number of carbonyl (C=O) groups excluding carboxylic acids is 2. The molecule has 1 aliphatic rings. The Morgan fingerprint density at radius 2 is 2.33 bits per heavy atom. The predicted molar refractivity (Wildman–Crippen MR) is 42.4 cm³/mol. The summed E-state index contributed by atoms with van der Waals surface area (Å²) in [5, 5.41) is 0. The third-order valence-corrected chi connectivity index (χ3v) is 1.60. The van der Waals surface area contributed by atoms with Gasteiger partial charge in [0.2, 0.25) is 0 Å². The lowest BCUT2D eigenvalue weighted by Gasteiger charge is -2.24. The van der Waals surface area contributed by atoms with Crippen LogP contribution in [0.1, 0.15) is 6.92 Å². The number of carbonyl (C=O) groups is 2. The molecule has 4 nitrogen and oxygen atoms in total. The smallest absolute Gasteiger partial charge is 0.255 e. The van der Waals surface area contributed by atoms with E-state index >= 15 is 0 Å². The molecule has 0 bridgehead atoms. The van der Waals surface area contributed by atoms with Gasteiger partial charge in [-0.15, -0.1) is 0 Å². The van der Waals surface area contributed by atoms with Crippen LogP contribution in [0.4, 0.5) is 0 Å². The first kappa shape index (κ1) is 8.93. The van der Waals surface area contributed by atoms with Gasteiger partial charge in [-0.2, -0.15) is 0 Å². The maximum Gasteiger partial charge on any atom is 0.255 e. The lowest BCUT2D eigenvalue weighted by atomic mass is 10.3. The molecule has 66 valence electrons. The Bertz CT molecular complexity index is 234. The van der Waals surface area contributed by atoms with Crippen molar-refractivity contribution >= 4 is 11.8 Å². The van der Waals surface area contributed by atoms with Crippen LogP contribution in [0.5, 0.6) is 0 Å². The van der Waals surface area contributed by atoms with Crippen molar-refractivity contribution in [1.29, 1.82) is 0 Å². The first-order valence-electron chi connectivity index (χ1n) is 3.71. The molecule has 1 fully saturated rings. The monoisotopic (exact) mass is 169 g/mol. The van der Waals surface area contributed by atoms with Crippen molar-refractivity contribution in [3.63, 3.8) is 0 Å². The van der Waals surface area contributed by atoms with Crippen LogP contribution in [0.15, 0.2) is 12.2 Å². The van der Waals surface area contributed by atoms with E-state index in [4.69, 9.17) is 4.74 Å². The summed E-state index contributed by atoms with van der Waals surface area (Å²) in [5.74, 6) is -0.586. The van der Waals surface area contributed by atoms with Crippen LogP contribution < -0.4 is 0 Å². The second-order valence-electron chi connectivity index (χ2n) is 2.68. The van der Waals surface area contributed by atoms with Gasteiger partial charge in [0, 0.05) is 5.57 Å². The van der Waals surface area contributed by atoms with Gasteiger partial charge in [-0.3, -0.25) is 14.5 Å². The fourth-order valence-corrected chi connectivity index (χ4v) is 0.963. The van der Waals surface area contributed by atoms with Crippen LogP contribution in [-0.2, 0) is 14.3 Å². The lowest BCUT2D eigenvalue weighted by molar-refractivity contribution is -0.151. The Morgan fingerprint density at radius 1 is 1.67 bits per heavy atom. The molecule has 4 heteroatoms. The maximum atomic E-state index is 11.3. The zero-order chi connectivity index (χ0) is 9.14. The van der Waals surface area contributed by atoms with Gasteiger partial charge in [0.25, 0.3) is 11.8 Å². The maximum absolute atomic E-state index is 11.3. The average Bonchev–Trinajstić information content (AvgIpc) is 2.04. The Hall–Kier alpha value is -1.16. The van der Waals surface area contributed by atoms with E-state index < -0.39 is 0 Å². The molecule has 0 aliphatic carbocycles. The van der Waals surface area contributed by atoms with E-state index in [-0.39, 0.29) is 18.4 Å². The number of imide groups is 1. The fourth-order valence-electron chi connectivity index (χ4n) is 0.963. The molecule has 0 atom stereocenters. The van der Waals surface area contributed by atoms with E-state index in [0.717, 1.165) is 0 Å². The predicted octanol–water partition coefficient (Wildman–Crippen LogP) is -0.0521. The van der Waals surface area contributed by atoms with Crippen molar-refractivity contribution in [3.8, 4) is 0 Å². The van der Waals surface area contributed by atoms with Gasteiger partial charge < -0.3 is 4.74 Å². The van der Waals surface area contributed by atoms with Crippen molar-refractivity contribution in [2.24, 2.45) is 0 Å². The standard InChI is InChI=1S/C8H11NO3/c1-6(2)8(11)9-3-4-12-5-7(9)10/h1,3-5H2,2H3. The zero-order valence-corrected chi connectivity index (χ0v) is 7.00. The van der Waals surface area contributed by atoms with Crippen molar-refractivity contribution < 1.29 is 14.3 Å². The number of hydrogen-bond acceptors (Lipinski definition) is 3. The minimum Gasteiger partial charge on any atom is -0.370 e. The van der Waals surface area contributed by atoms with Gasteiger partial charge >= 0.3 is 0 Å². The molecule has 0 N–H and O–H groups in total. The molecule has 1 heterocycles. The van der Waals surface area contributed by atoms with Crippen LogP contribution in [0.3, 0.4) is 0 Å². The van der Waals surface area contributed by atoms with Gasteiger partial charge in [0.1, 0.15) is 6.61 Å². The third kappa shape index (κ3) is 1.71. The number of morpholine rings is 1. The van der Waals surface area contributed by atoms with Crippen molar-refractivity contribution in [2.45, 2.75) is 6.92 Å². The fraction of sp³-hybridized carbons (Fsp3) is 0.500. The number of ether oxygens (including phenoxy) is 1. The largest absolute Gasteiger partial charge is 0.370 e. The summed E-state index contributed by atoms with van der Waals surface area (Å²) in [7, 11) is 0. The van der Waals surface area contributed by atoms with Crippen LogP contribution in [0.25, 0.3) is 0 Å². The highest BCUT2D eigenvalue weighted by Gasteiger charge is 2.24. The summed E-state index contributed by atoms with van der Waals surface area (Å²) < 4.78 is 4.87. The highest BCUT2D eigenvalue weighted by atomic mass is 16.5. The van der Waals surface area contributed by atoms with E-state index in [1.54, 1.807) is 6.92 Å². The van der Waals surface area contributed by atoms with Crippen LogP contribution in [0.2, 0.25) is 0 Å². The molecular weight excluding hydrogens is 158 g/mol. The molecule has 0 aromatic rings. The molecule has 0 radical (unpaired) electrons. The zero-order valence-electron chi connectivity index (χ0n) is 7.00. The first-order valence-corrected chi connectivity index (χ1v) is 3.71. The van der Waals surface area contributed by atoms with E-state index in [0.29, 0.717) is 18.7 Å². The Balaban J connectivity index is 2.66. The lowest BCUT2D eigenvalue weighted by Crippen LogP contribution is -2.45. The number of rotatable bonds is 1. The number of nitrogens with zero attached hydrogens (tertiary/aromatic N) is 1. The average molecular weight is 169 g/mol. The summed E-state index contributed by atoms with van der Waals surface area (Å²) in [6.07, 6.45) is 0. The van der Waals surface area contributed by atoms with Crippen molar-refractivity contribution in [1.82, 2.24) is 4.90 Å². The molecule has 0 unspecified atom stereocenters. The second-order valence-corrected chi connectivity index (χ2v) is 2.68. The number of hydrogen-bond donors (Lipinski definition) is 0. The molecule has 2 amide bonds. The molecule has 0 spiro atoms. The summed E-state index contributed by atoms with van der Waals surface area (Å²) in [6, 6.07) is 0. The van der Waals surface area contributed by atoms with Gasteiger partial charge in [0.15, 0.2) is 0 Å². The molecule has 12 heavy (non-hydrogen) atoms. The summed E-state index contributed by atoms with van der Waals surface area (Å²) in [5.41, 5.74) is 0.380. The second kappa shape index (κ2) is 3.49. The van der Waals surface area contributed by atoms with E-state index in [1.807, 2.05) is 0 Å². The summed E-state index contributed by atoms with van der Waals surface area (Å²) in [4.78, 5) is 23.5. The third-order valence-electron chi connectivity index (χ3n) is 1.60. The van der Waals surface area contributed by atoms with Crippen molar-refractivity contribution in [3.05, 3.63) is 12.2 Å². The van der Waals surface area contributed by atoms with Gasteiger partial charge in [-0.05, 0) is 6.92 Å². The molecule has 1 aliphatic heterocycles. The Labute approximate surface area is 70.8 Å².